The van der Waals surface area contributed by atoms with Crippen LogP contribution in [0.5, 0.6) is 0 Å². The van der Waals surface area contributed by atoms with Gasteiger partial charge in [-0.3, -0.25) is 4.90 Å². The summed E-state index contributed by atoms with van der Waals surface area (Å²) in [6.07, 6.45) is 2.51. The van der Waals surface area contributed by atoms with Crippen LogP contribution in [0.15, 0.2) is 22.7 Å². The van der Waals surface area contributed by atoms with Gasteiger partial charge in [0.05, 0.1) is 0 Å². The van der Waals surface area contributed by atoms with Crippen LogP contribution >= 0.6 is 15.9 Å². The Hall–Kier alpha value is -0.540. The van der Waals surface area contributed by atoms with Crippen molar-refractivity contribution in [3.8, 4) is 0 Å². The Labute approximate surface area is 132 Å². The second-order valence-corrected chi connectivity index (χ2v) is 7.35. The van der Waals surface area contributed by atoms with Crippen LogP contribution in [-0.4, -0.2) is 18.0 Å². The van der Waals surface area contributed by atoms with Crippen LogP contribution in [0.2, 0.25) is 0 Å². The van der Waals surface area contributed by atoms with Crippen molar-refractivity contribution in [3.05, 3.63) is 28.2 Å². The molecule has 0 amide bonds. The molecule has 20 heavy (non-hydrogen) atoms. The fourth-order valence-electron chi connectivity index (χ4n) is 2.08. The smallest absolute Gasteiger partial charge is 0.0325 e. The summed E-state index contributed by atoms with van der Waals surface area (Å²) in [6, 6.07) is 6.12. The number of rotatable bonds is 8. The van der Waals surface area contributed by atoms with E-state index in [4.69, 9.17) is 5.73 Å². The molecular formula is C17H29BrN2. The Bertz CT molecular complexity index is 390. The Balaban J connectivity index is 2.66. The van der Waals surface area contributed by atoms with Crippen LogP contribution < -0.4 is 5.73 Å². The summed E-state index contributed by atoms with van der Waals surface area (Å²) < 4.78 is 1.12. The molecule has 0 atom stereocenters. The molecule has 0 saturated carbocycles. The number of benzene rings is 1. The highest BCUT2D eigenvalue weighted by Gasteiger charge is 2.10. The summed E-state index contributed by atoms with van der Waals surface area (Å²) in [4.78, 5) is 2.57. The van der Waals surface area contributed by atoms with E-state index in [1.165, 1.54) is 31.5 Å². The highest BCUT2D eigenvalue weighted by Crippen LogP contribution is 2.22. The molecule has 2 nitrogen and oxygen atoms in total. The van der Waals surface area contributed by atoms with E-state index in [1.807, 2.05) is 12.1 Å². The number of anilines is 1. The molecule has 0 unspecified atom stereocenters. The normalized spacial score (nSPS) is 11.8. The Morgan fingerprint density at radius 2 is 1.60 bits per heavy atom. The monoisotopic (exact) mass is 340 g/mol. The summed E-state index contributed by atoms with van der Waals surface area (Å²) in [6.45, 7) is 12.5. The van der Waals surface area contributed by atoms with Gasteiger partial charge in [-0.15, -0.1) is 0 Å². The molecule has 0 aliphatic carbocycles. The van der Waals surface area contributed by atoms with Gasteiger partial charge >= 0.3 is 0 Å². The summed E-state index contributed by atoms with van der Waals surface area (Å²) >= 11 is 3.63. The first kappa shape index (κ1) is 17.5. The Kier molecular flexibility index (Phi) is 7.60. The third-order valence-electron chi connectivity index (χ3n) is 3.52. The molecule has 0 aromatic heterocycles. The van der Waals surface area contributed by atoms with Gasteiger partial charge in [-0.25, -0.2) is 0 Å². The average Bonchev–Trinajstić information content (AvgIpc) is 2.35. The van der Waals surface area contributed by atoms with E-state index in [1.54, 1.807) is 0 Å². The Morgan fingerprint density at radius 3 is 2.05 bits per heavy atom. The molecule has 0 aliphatic heterocycles. The zero-order valence-corrected chi connectivity index (χ0v) is 14.9. The van der Waals surface area contributed by atoms with E-state index in [-0.39, 0.29) is 0 Å². The number of nitrogens with zero attached hydrogens (tertiary/aromatic N) is 1. The number of hydrogen-bond donors (Lipinski definition) is 1. The van der Waals surface area contributed by atoms with Gasteiger partial charge < -0.3 is 5.73 Å². The van der Waals surface area contributed by atoms with Gasteiger partial charge in [-0.1, -0.05) is 49.7 Å². The molecule has 1 aromatic carbocycles. The molecular weight excluding hydrogens is 312 g/mol. The lowest BCUT2D eigenvalue weighted by Gasteiger charge is -2.25. The molecule has 0 aliphatic rings. The summed E-state index contributed by atoms with van der Waals surface area (Å²) in [5, 5.41) is 0. The van der Waals surface area contributed by atoms with Crippen molar-refractivity contribution in [1.82, 2.24) is 4.90 Å². The summed E-state index contributed by atoms with van der Waals surface area (Å²) in [7, 11) is 0. The van der Waals surface area contributed by atoms with Crippen LogP contribution in [0.25, 0.3) is 0 Å². The van der Waals surface area contributed by atoms with Crippen molar-refractivity contribution in [2.75, 3.05) is 18.8 Å². The lowest BCUT2D eigenvalue weighted by molar-refractivity contribution is 0.235. The number of nitrogen functional groups attached to an aromatic ring is 1. The second-order valence-electron chi connectivity index (χ2n) is 6.49. The fraction of sp³-hybridized carbons (Fsp3) is 0.647. The number of halogens is 1. The summed E-state index contributed by atoms with van der Waals surface area (Å²) in [5.41, 5.74) is 7.95. The molecule has 2 N–H and O–H groups in total. The minimum absolute atomic E-state index is 0.756. The molecule has 0 saturated heterocycles. The van der Waals surface area contributed by atoms with E-state index >= 15 is 0 Å². The first-order valence-corrected chi connectivity index (χ1v) is 8.44. The highest BCUT2D eigenvalue weighted by atomic mass is 79.9. The zero-order chi connectivity index (χ0) is 15.1. The van der Waals surface area contributed by atoms with Crippen molar-refractivity contribution < 1.29 is 0 Å². The predicted octanol–water partition coefficient (Wildman–Crippen LogP) is 4.93. The van der Waals surface area contributed by atoms with Gasteiger partial charge in [0, 0.05) is 16.7 Å². The van der Waals surface area contributed by atoms with Crippen molar-refractivity contribution in [3.63, 3.8) is 0 Å². The van der Waals surface area contributed by atoms with Gasteiger partial charge in [0.2, 0.25) is 0 Å². The minimum atomic E-state index is 0.756. The van der Waals surface area contributed by atoms with Gasteiger partial charge in [0.25, 0.3) is 0 Å². The van der Waals surface area contributed by atoms with Crippen molar-refractivity contribution in [1.29, 1.82) is 0 Å². The topological polar surface area (TPSA) is 29.3 Å². The molecule has 1 rings (SSSR count). The van der Waals surface area contributed by atoms with E-state index < -0.39 is 0 Å². The third kappa shape index (κ3) is 6.76. The molecule has 0 radical (unpaired) electrons. The maximum absolute atomic E-state index is 5.81. The molecule has 114 valence electrons. The van der Waals surface area contributed by atoms with E-state index in [2.05, 4.69) is 54.6 Å². The van der Waals surface area contributed by atoms with Crippen LogP contribution in [0.3, 0.4) is 0 Å². The quantitative estimate of drug-likeness (QED) is 0.680. The van der Waals surface area contributed by atoms with Crippen molar-refractivity contribution in [2.24, 2.45) is 11.8 Å². The maximum atomic E-state index is 5.81. The van der Waals surface area contributed by atoms with Gasteiger partial charge in [0.15, 0.2) is 0 Å². The van der Waals surface area contributed by atoms with Gasteiger partial charge in [-0.05, 0) is 55.5 Å². The van der Waals surface area contributed by atoms with Crippen LogP contribution in [0, 0.1) is 11.8 Å². The first-order valence-electron chi connectivity index (χ1n) is 7.64. The van der Waals surface area contributed by atoms with Crippen LogP contribution in [-0.2, 0) is 6.54 Å². The standard InChI is InChI=1S/C17H29BrN2/c1-13(2)7-9-20(10-8-14(3)4)12-15-5-6-16(19)11-17(15)18/h5-6,11,13-14H,7-10,12,19H2,1-4H3. The van der Waals surface area contributed by atoms with Gasteiger partial charge in [0.1, 0.15) is 0 Å². The fourth-order valence-corrected chi connectivity index (χ4v) is 2.61. The van der Waals surface area contributed by atoms with E-state index in [9.17, 15) is 0 Å². The predicted molar refractivity (Wildman–Crippen MR) is 92.7 cm³/mol. The molecule has 1 aromatic rings. The molecule has 0 fully saturated rings. The lowest BCUT2D eigenvalue weighted by Crippen LogP contribution is -2.27. The van der Waals surface area contributed by atoms with E-state index in [0.717, 1.165) is 28.5 Å². The molecule has 0 bridgehead atoms. The van der Waals surface area contributed by atoms with Crippen molar-refractivity contribution >= 4 is 21.6 Å². The maximum Gasteiger partial charge on any atom is 0.0325 e. The summed E-state index contributed by atoms with van der Waals surface area (Å²) in [5.74, 6) is 1.51. The average molecular weight is 341 g/mol. The van der Waals surface area contributed by atoms with E-state index in [0.29, 0.717) is 0 Å². The first-order chi connectivity index (χ1) is 9.38. The largest absolute Gasteiger partial charge is 0.399 e. The number of nitrogens with two attached hydrogens (primary N) is 1. The van der Waals surface area contributed by atoms with Gasteiger partial charge in [-0.2, -0.15) is 0 Å². The third-order valence-corrected chi connectivity index (χ3v) is 4.25. The molecule has 0 heterocycles. The van der Waals surface area contributed by atoms with Crippen LogP contribution in [0.4, 0.5) is 5.69 Å². The van der Waals surface area contributed by atoms with Crippen molar-refractivity contribution in [2.45, 2.75) is 47.1 Å². The second kappa shape index (κ2) is 8.68. The van der Waals surface area contributed by atoms with Crippen LogP contribution in [0.1, 0.15) is 46.1 Å². The zero-order valence-electron chi connectivity index (χ0n) is 13.3. The molecule has 0 spiro atoms. The SMILES string of the molecule is CC(C)CCN(CCC(C)C)Cc1ccc(N)cc1Br. The minimum Gasteiger partial charge on any atom is -0.399 e. The molecule has 3 heteroatoms. The number of hydrogen-bond acceptors (Lipinski definition) is 2. The Morgan fingerprint density at radius 1 is 1.05 bits per heavy atom. The highest BCUT2D eigenvalue weighted by molar-refractivity contribution is 9.10. The lowest BCUT2D eigenvalue weighted by atomic mass is 10.1.